The van der Waals surface area contributed by atoms with Crippen LogP contribution in [-0.2, 0) is 11.2 Å². The molecule has 0 radical (unpaired) electrons. The zero-order valence-corrected chi connectivity index (χ0v) is 16.0. The number of hydrazone groups is 1. The van der Waals surface area contributed by atoms with Crippen LogP contribution in [-0.4, -0.2) is 24.2 Å². The molecule has 0 aliphatic carbocycles. The van der Waals surface area contributed by atoms with Crippen molar-refractivity contribution < 1.29 is 4.79 Å². The highest BCUT2D eigenvalue weighted by Crippen LogP contribution is 2.49. The fourth-order valence-electron chi connectivity index (χ4n) is 5.17. The van der Waals surface area contributed by atoms with E-state index in [4.69, 9.17) is 5.10 Å². The topological polar surface area (TPSA) is 35.9 Å². The van der Waals surface area contributed by atoms with Crippen LogP contribution in [0.15, 0.2) is 53.6 Å². The highest BCUT2D eigenvalue weighted by atomic mass is 16.2. The molecule has 1 amide bonds. The summed E-state index contributed by atoms with van der Waals surface area (Å²) in [5.41, 5.74) is 5.04. The van der Waals surface area contributed by atoms with Gasteiger partial charge in [-0.05, 0) is 63.3 Å². The maximum absolute atomic E-state index is 13.8. The van der Waals surface area contributed by atoms with Gasteiger partial charge in [0.2, 0.25) is 0 Å². The van der Waals surface area contributed by atoms with E-state index in [0.29, 0.717) is 0 Å². The highest BCUT2D eigenvalue weighted by molar-refractivity contribution is 6.20. The van der Waals surface area contributed by atoms with Gasteiger partial charge in [-0.3, -0.25) is 4.79 Å². The van der Waals surface area contributed by atoms with E-state index >= 15 is 0 Å². The van der Waals surface area contributed by atoms with Crippen LogP contribution < -0.4 is 9.91 Å². The number of anilines is 2. The number of benzene rings is 2. The summed E-state index contributed by atoms with van der Waals surface area (Å²) in [5, 5.41) is 6.43. The van der Waals surface area contributed by atoms with Gasteiger partial charge in [-0.2, -0.15) is 10.1 Å². The monoisotopic (exact) mass is 359 g/mol. The minimum atomic E-state index is -0.542. The van der Waals surface area contributed by atoms with Gasteiger partial charge < -0.3 is 4.90 Å². The van der Waals surface area contributed by atoms with Crippen molar-refractivity contribution in [2.45, 2.75) is 45.6 Å². The molecular weight excluding hydrogens is 334 g/mol. The van der Waals surface area contributed by atoms with Crippen LogP contribution in [0.25, 0.3) is 0 Å². The van der Waals surface area contributed by atoms with Crippen LogP contribution in [0.5, 0.6) is 0 Å². The van der Waals surface area contributed by atoms with Gasteiger partial charge in [0.1, 0.15) is 5.41 Å². The summed E-state index contributed by atoms with van der Waals surface area (Å²) in [6.07, 6.45) is 4.17. The number of fused-ring (bicyclic) bond motifs is 4. The SMILES string of the molecule is CC1=NN(c2ccc(C)cc2)C(=O)[C@@]12Cc1ccccc1N1CCCC[C@@H]12. The van der Waals surface area contributed by atoms with Gasteiger partial charge >= 0.3 is 0 Å². The summed E-state index contributed by atoms with van der Waals surface area (Å²) < 4.78 is 0. The second kappa shape index (κ2) is 5.95. The Morgan fingerprint density at radius 2 is 1.81 bits per heavy atom. The lowest BCUT2D eigenvalue weighted by Crippen LogP contribution is -2.61. The number of hydrogen-bond acceptors (Lipinski definition) is 3. The Balaban J connectivity index is 1.62. The van der Waals surface area contributed by atoms with E-state index in [9.17, 15) is 4.79 Å². The van der Waals surface area contributed by atoms with Crippen LogP contribution in [0.3, 0.4) is 0 Å². The Morgan fingerprint density at radius 3 is 2.63 bits per heavy atom. The lowest BCUT2D eigenvalue weighted by atomic mass is 9.66. The third-order valence-corrected chi connectivity index (χ3v) is 6.59. The van der Waals surface area contributed by atoms with E-state index in [-0.39, 0.29) is 11.9 Å². The molecule has 1 spiro atoms. The number of hydrogen-bond donors (Lipinski definition) is 0. The van der Waals surface area contributed by atoms with Gasteiger partial charge in [0.15, 0.2) is 0 Å². The molecule has 0 unspecified atom stereocenters. The molecule has 0 saturated carbocycles. The molecular formula is C23H25N3O. The van der Waals surface area contributed by atoms with Gasteiger partial charge in [-0.1, -0.05) is 35.9 Å². The Hall–Kier alpha value is -2.62. The van der Waals surface area contributed by atoms with Crippen LogP contribution in [0, 0.1) is 12.3 Å². The molecule has 27 heavy (non-hydrogen) atoms. The minimum absolute atomic E-state index is 0.134. The molecule has 2 aromatic rings. The zero-order chi connectivity index (χ0) is 18.6. The lowest BCUT2D eigenvalue weighted by Gasteiger charge is -2.51. The van der Waals surface area contributed by atoms with Crippen LogP contribution >= 0.6 is 0 Å². The number of carbonyl (C=O) groups excluding carboxylic acids is 1. The summed E-state index contributed by atoms with van der Waals surface area (Å²) >= 11 is 0. The first-order chi connectivity index (χ1) is 13.1. The van der Waals surface area contributed by atoms with Crippen molar-refractivity contribution in [2.75, 3.05) is 16.5 Å². The molecule has 1 fully saturated rings. The molecule has 0 bridgehead atoms. The molecule has 3 aliphatic rings. The van der Waals surface area contributed by atoms with Crippen molar-refractivity contribution in [3.63, 3.8) is 0 Å². The third-order valence-electron chi connectivity index (χ3n) is 6.59. The van der Waals surface area contributed by atoms with Crippen molar-refractivity contribution in [3.8, 4) is 0 Å². The largest absolute Gasteiger partial charge is 0.367 e. The molecule has 0 N–H and O–H groups in total. The first kappa shape index (κ1) is 16.5. The Morgan fingerprint density at radius 1 is 1.04 bits per heavy atom. The Labute approximate surface area is 160 Å². The van der Waals surface area contributed by atoms with E-state index in [2.05, 4.69) is 36.1 Å². The lowest BCUT2D eigenvalue weighted by molar-refractivity contribution is -0.125. The Bertz CT molecular complexity index is 933. The van der Waals surface area contributed by atoms with Crippen molar-refractivity contribution in [1.82, 2.24) is 0 Å². The van der Waals surface area contributed by atoms with Gasteiger partial charge in [0.25, 0.3) is 5.91 Å². The molecule has 2 aromatic carbocycles. The van der Waals surface area contributed by atoms with Crippen LogP contribution in [0.4, 0.5) is 11.4 Å². The van der Waals surface area contributed by atoms with Crippen LogP contribution in [0.2, 0.25) is 0 Å². The predicted octanol–water partition coefficient (Wildman–Crippen LogP) is 4.32. The van der Waals surface area contributed by atoms with Gasteiger partial charge in [0.05, 0.1) is 11.4 Å². The molecule has 0 aromatic heterocycles. The number of amides is 1. The maximum Gasteiger partial charge on any atom is 0.261 e. The average molecular weight is 359 g/mol. The predicted molar refractivity (Wildman–Crippen MR) is 109 cm³/mol. The summed E-state index contributed by atoms with van der Waals surface area (Å²) in [6, 6.07) is 16.9. The van der Waals surface area contributed by atoms with Crippen molar-refractivity contribution >= 4 is 23.0 Å². The summed E-state index contributed by atoms with van der Waals surface area (Å²) in [7, 11) is 0. The maximum atomic E-state index is 13.8. The van der Waals surface area contributed by atoms with Crippen LogP contribution in [0.1, 0.15) is 37.3 Å². The second-order valence-corrected chi connectivity index (χ2v) is 8.12. The molecule has 3 heterocycles. The molecule has 2 atom stereocenters. The fourth-order valence-corrected chi connectivity index (χ4v) is 5.17. The number of rotatable bonds is 1. The quantitative estimate of drug-likeness (QED) is 0.760. The van der Waals surface area contributed by atoms with E-state index in [1.165, 1.54) is 29.7 Å². The molecule has 1 saturated heterocycles. The summed E-state index contributed by atoms with van der Waals surface area (Å²) in [6.45, 7) is 5.13. The number of piperidine rings is 1. The third kappa shape index (κ3) is 2.29. The number of nitrogens with zero attached hydrogens (tertiary/aromatic N) is 3. The van der Waals surface area contributed by atoms with E-state index in [0.717, 1.165) is 30.8 Å². The van der Waals surface area contributed by atoms with Gasteiger partial charge in [-0.15, -0.1) is 0 Å². The molecule has 3 aliphatic heterocycles. The highest BCUT2D eigenvalue weighted by Gasteiger charge is 2.58. The van der Waals surface area contributed by atoms with E-state index < -0.39 is 5.41 Å². The number of carbonyl (C=O) groups is 1. The number of aryl methyl sites for hydroxylation is 1. The number of para-hydroxylation sites is 1. The standard InChI is InChI=1S/C23H25N3O/c1-16-10-12-19(13-11-16)26-22(27)23(17(2)24-26)15-18-7-3-4-8-20(18)25-14-6-5-9-21(23)25/h3-4,7-8,10-13,21H,5-6,9,14-15H2,1-2H3/t21-,23+/m1/s1. The molecule has 4 heteroatoms. The normalized spacial score (nSPS) is 26.8. The first-order valence-electron chi connectivity index (χ1n) is 9.93. The van der Waals surface area contributed by atoms with Gasteiger partial charge in [0, 0.05) is 18.3 Å². The van der Waals surface area contributed by atoms with Crippen molar-refractivity contribution in [2.24, 2.45) is 10.5 Å². The zero-order valence-electron chi connectivity index (χ0n) is 16.0. The van der Waals surface area contributed by atoms with Crippen molar-refractivity contribution in [3.05, 3.63) is 59.7 Å². The van der Waals surface area contributed by atoms with E-state index in [1.54, 1.807) is 5.01 Å². The molecule has 5 rings (SSSR count). The molecule has 138 valence electrons. The van der Waals surface area contributed by atoms with Crippen molar-refractivity contribution in [1.29, 1.82) is 0 Å². The first-order valence-corrected chi connectivity index (χ1v) is 9.93. The van der Waals surface area contributed by atoms with Gasteiger partial charge in [-0.25, -0.2) is 0 Å². The minimum Gasteiger partial charge on any atom is -0.367 e. The summed E-state index contributed by atoms with van der Waals surface area (Å²) in [4.78, 5) is 16.3. The smallest absolute Gasteiger partial charge is 0.261 e. The summed E-state index contributed by atoms with van der Waals surface area (Å²) in [5.74, 6) is 0.134. The fraction of sp³-hybridized carbons (Fsp3) is 0.391. The molecule has 4 nitrogen and oxygen atoms in total. The average Bonchev–Trinajstić information content (AvgIpc) is 2.94. The Kier molecular flexibility index (Phi) is 3.64. The van der Waals surface area contributed by atoms with E-state index in [1.807, 2.05) is 31.2 Å². The second-order valence-electron chi connectivity index (χ2n) is 8.12.